The Morgan fingerprint density at radius 2 is 1.94 bits per heavy atom. The van der Waals surface area contributed by atoms with Gasteiger partial charge in [0.1, 0.15) is 0 Å². The van der Waals surface area contributed by atoms with Gasteiger partial charge in [-0.25, -0.2) is 12.7 Å². The van der Waals surface area contributed by atoms with Crippen LogP contribution in [0.5, 0.6) is 0 Å². The number of piperazine rings is 1. The molecular weight excluding hydrogens is 238 g/mol. The molecule has 0 saturated carbocycles. The van der Waals surface area contributed by atoms with Crippen LogP contribution in [-0.2, 0) is 10.0 Å². The SMILES string of the molecule is CCCCS(=O)(=O)N(C)CCN1CCNCC1. The van der Waals surface area contributed by atoms with Crippen molar-refractivity contribution in [2.45, 2.75) is 19.8 Å². The highest BCUT2D eigenvalue weighted by Crippen LogP contribution is 2.03. The minimum absolute atomic E-state index is 0.279. The summed E-state index contributed by atoms with van der Waals surface area (Å²) in [5.74, 6) is 0.279. The summed E-state index contributed by atoms with van der Waals surface area (Å²) in [4.78, 5) is 2.31. The second-order valence-electron chi connectivity index (χ2n) is 4.58. The second kappa shape index (κ2) is 7.31. The van der Waals surface area contributed by atoms with Crippen molar-refractivity contribution in [2.75, 3.05) is 52.1 Å². The van der Waals surface area contributed by atoms with Crippen molar-refractivity contribution in [1.29, 1.82) is 0 Å². The maximum atomic E-state index is 11.9. The third-order valence-electron chi connectivity index (χ3n) is 3.17. The van der Waals surface area contributed by atoms with Crippen molar-refractivity contribution in [3.05, 3.63) is 0 Å². The Morgan fingerprint density at radius 1 is 1.29 bits per heavy atom. The van der Waals surface area contributed by atoms with Gasteiger partial charge in [0.15, 0.2) is 0 Å². The highest BCUT2D eigenvalue weighted by Gasteiger charge is 2.18. The van der Waals surface area contributed by atoms with Crippen LogP contribution >= 0.6 is 0 Å². The van der Waals surface area contributed by atoms with Crippen LogP contribution in [-0.4, -0.2) is 69.7 Å². The lowest BCUT2D eigenvalue weighted by atomic mass is 10.3. The highest BCUT2D eigenvalue weighted by atomic mass is 32.2. The van der Waals surface area contributed by atoms with E-state index in [1.165, 1.54) is 4.31 Å². The van der Waals surface area contributed by atoms with Gasteiger partial charge < -0.3 is 5.32 Å². The molecule has 17 heavy (non-hydrogen) atoms. The van der Waals surface area contributed by atoms with Gasteiger partial charge in [-0.3, -0.25) is 4.90 Å². The minimum Gasteiger partial charge on any atom is -0.314 e. The summed E-state index contributed by atoms with van der Waals surface area (Å²) < 4.78 is 25.2. The van der Waals surface area contributed by atoms with E-state index in [0.29, 0.717) is 6.54 Å². The van der Waals surface area contributed by atoms with Crippen LogP contribution in [0.15, 0.2) is 0 Å². The van der Waals surface area contributed by atoms with Gasteiger partial charge >= 0.3 is 0 Å². The summed E-state index contributed by atoms with van der Waals surface area (Å²) in [5, 5.41) is 3.29. The third kappa shape index (κ3) is 5.33. The molecule has 1 heterocycles. The molecule has 1 aliphatic rings. The van der Waals surface area contributed by atoms with Gasteiger partial charge in [0, 0.05) is 46.3 Å². The number of sulfonamides is 1. The van der Waals surface area contributed by atoms with E-state index in [2.05, 4.69) is 10.2 Å². The van der Waals surface area contributed by atoms with E-state index >= 15 is 0 Å². The number of rotatable bonds is 7. The highest BCUT2D eigenvalue weighted by molar-refractivity contribution is 7.89. The van der Waals surface area contributed by atoms with Crippen LogP contribution in [0.4, 0.5) is 0 Å². The molecule has 0 aromatic heterocycles. The molecule has 6 heteroatoms. The predicted molar refractivity (Wildman–Crippen MR) is 70.6 cm³/mol. The lowest BCUT2D eigenvalue weighted by molar-refractivity contribution is 0.229. The Hall–Kier alpha value is -0.170. The number of unbranched alkanes of at least 4 members (excludes halogenated alkanes) is 1. The summed E-state index contributed by atoms with van der Waals surface area (Å²) in [5.41, 5.74) is 0. The summed E-state index contributed by atoms with van der Waals surface area (Å²) in [6.45, 7) is 7.50. The van der Waals surface area contributed by atoms with E-state index in [-0.39, 0.29) is 5.75 Å². The molecule has 0 aromatic carbocycles. The lowest BCUT2D eigenvalue weighted by Crippen LogP contribution is -2.46. The monoisotopic (exact) mass is 263 g/mol. The van der Waals surface area contributed by atoms with E-state index < -0.39 is 10.0 Å². The molecule has 1 rings (SSSR count). The van der Waals surface area contributed by atoms with E-state index in [1.54, 1.807) is 7.05 Å². The predicted octanol–water partition coefficient (Wildman–Crippen LogP) is -0.0467. The summed E-state index contributed by atoms with van der Waals surface area (Å²) >= 11 is 0. The molecule has 0 spiro atoms. The largest absolute Gasteiger partial charge is 0.314 e. The Labute approximate surface area is 105 Å². The number of likely N-dealkylation sites (N-methyl/N-ethyl adjacent to an activating group) is 1. The molecule has 1 N–H and O–H groups in total. The second-order valence-corrected chi connectivity index (χ2v) is 6.78. The molecule has 0 radical (unpaired) electrons. The summed E-state index contributed by atoms with van der Waals surface area (Å²) in [6.07, 6.45) is 1.67. The van der Waals surface area contributed by atoms with Crippen molar-refractivity contribution in [3.8, 4) is 0 Å². The van der Waals surface area contributed by atoms with Crippen molar-refractivity contribution >= 4 is 10.0 Å². The Morgan fingerprint density at radius 3 is 2.53 bits per heavy atom. The molecule has 0 aliphatic carbocycles. The Kier molecular flexibility index (Phi) is 6.40. The zero-order valence-corrected chi connectivity index (χ0v) is 11.8. The van der Waals surface area contributed by atoms with Gasteiger partial charge in [0.05, 0.1) is 5.75 Å². The van der Waals surface area contributed by atoms with E-state index in [1.807, 2.05) is 6.92 Å². The van der Waals surface area contributed by atoms with Crippen molar-refractivity contribution in [2.24, 2.45) is 0 Å². The van der Waals surface area contributed by atoms with Gasteiger partial charge in [-0.05, 0) is 6.42 Å². The topological polar surface area (TPSA) is 52.7 Å². The zero-order chi connectivity index (χ0) is 12.7. The molecular formula is C11H25N3O2S. The maximum absolute atomic E-state index is 11.9. The lowest BCUT2D eigenvalue weighted by Gasteiger charge is -2.28. The van der Waals surface area contributed by atoms with Crippen LogP contribution in [0, 0.1) is 0 Å². The molecule has 5 nitrogen and oxygen atoms in total. The van der Waals surface area contributed by atoms with Gasteiger partial charge in [-0.2, -0.15) is 0 Å². The van der Waals surface area contributed by atoms with Gasteiger partial charge in [-0.15, -0.1) is 0 Å². The standard InChI is InChI=1S/C11H25N3O2S/c1-3-4-11-17(15,16)13(2)9-10-14-7-5-12-6-8-14/h12H,3-11H2,1-2H3. The summed E-state index contributed by atoms with van der Waals surface area (Å²) in [7, 11) is -1.34. The zero-order valence-electron chi connectivity index (χ0n) is 11.0. The molecule has 0 unspecified atom stereocenters. The quantitative estimate of drug-likeness (QED) is 0.700. The normalized spacial score (nSPS) is 18.8. The number of hydrogen-bond donors (Lipinski definition) is 1. The molecule has 0 aromatic rings. The first-order valence-corrected chi connectivity index (χ1v) is 8.04. The van der Waals surface area contributed by atoms with Crippen LogP contribution in [0.25, 0.3) is 0 Å². The minimum atomic E-state index is -3.03. The maximum Gasteiger partial charge on any atom is 0.213 e. The molecule has 102 valence electrons. The van der Waals surface area contributed by atoms with Gasteiger partial charge in [0.25, 0.3) is 0 Å². The molecule has 0 bridgehead atoms. The molecule has 1 saturated heterocycles. The Balaban J connectivity index is 2.29. The van der Waals surface area contributed by atoms with Crippen LogP contribution in [0.2, 0.25) is 0 Å². The molecule has 1 fully saturated rings. The smallest absolute Gasteiger partial charge is 0.213 e. The van der Waals surface area contributed by atoms with Crippen LogP contribution < -0.4 is 5.32 Å². The third-order valence-corrected chi connectivity index (χ3v) is 5.11. The van der Waals surface area contributed by atoms with E-state index in [0.717, 1.165) is 45.6 Å². The average Bonchev–Trinajstić information content (AvgIpc) is 2.34. The average molecular weight is 263 g/mol. The van der Waals surface area contributed by atoms with E-state index in [4.69, 9.17) is 0 Å². The first kappa shape index (κ1) is 14.9. The fourth-order valence-electron chi connectivity index (χ4n) is 1.84. The van der Waals surface area contributed by atoms with Crippen molar-refractivity contribution in [1.82, 2.24) is 14.5 Å². The number of nitrogens with zero attached hydrogens (tertiary/aromatic N) is 2. The first-order chi connectivity index (χ1) is 8.06. The van der Waals surface area contributed by atoms with Crippen LogP contribution in [0.1, 0.15) is 19.8 Å². The molecule has 0 amide bonds. The number of nitrogens with one attached hydrogen (secondary N) is 1. The fraction of sp³-hybridized carbons (Fsp3) is 1.00. The van der Waals surface area contributed by atoms with Gasteiger partial charge in [0.2, 0.25) is 10.0 Å². The summed E-state index contributed by atoms with van der Waals surface area (Å²) in [6, 6.07) is 0. The molecule has 0 atom stereocenters. The van der Waals surface area contributed by atoms with E-state index in [9.17, 15) is 8.42 Å². The Bertz CT molecular complexity index is 300. The van der Waals surface area contributed by atoms with Crippen LogP contribution in [0.3, 0.4) is 0 Å². The van der Waals surface area contributed by atoms with Crippen molar-refractivity contribution < 1.29 is 8.42 Å². The van der Waals surface area contributed by atoms with Crippen molar-refractivity contribution in [3.63, 3.8) is 0 Å². The fourth-order valence-corrected chi connectivity index (χ4v) is 3.16. The first-order valence-electron chi connectivity index (χ1n) is 6.43. The van der Waals surface area contributed by atoms with Gasteiger partial charge in [-0.1, -0.05) is 13.3 Å². The molecule has 1 aliphatic heterocycles. The number of hydrogen-bond acceptors (Lipinski definition) is 4.